The Balaban J connectivity index is 1.54. The van der Waals surface area contributed by atoms with Crippen molar-refractivity contribution in [3.05, 3.63) is 113 Å². The van der Waals surface area contributed by atoms with Gasteiger partial charge in [0, 0.05) is 22.3 Å². The fraction of sp³-hybridized carbons (Fsp3) is 0. The van der Waals surface area contributed by atoms with Gasteiger partial charge in [-0.2, -0.15) is 0 Å². The largest absolute Gasteiger partial charge is 0.337 e. The highest BCUT2D eigenvalue weighted by molar-refractivity contribution is 7.13. The summed E-state index contributed by atoms with van der Waals surface area (Å²) in [6, 6.07) is 22.8. The highest BCUT2D eigenvalue weighted by Crippen LogP contribution is 2.34. The zero-order valence-electron chi connectivity index (χ0n) is 16.7. The quantitative estimate of drug-likeness (QED) is 0.298. The molecule has 0 spiro atoms. The number of aromatic nitrogens is 2. The van der Waals surface area contributed by atoms with Crippen LogP contribution >= 0.6 is 11.3 Å². The van der Waals surface area contributed by atoms with Gasteiger partial charge in [0.05, 0.1) is 16.3 Å². The van der Waals surface area contributed by atoms with Crippen LogP contribution in [0.3, 0.4) is 0 Å². The second-order valence-electron chi connectivity index (χ2n) is 7.21. The lowest BCUT2D eigenvalue weighted by Crippen LogP contribution is -2.01. The molecule has 0 amide bonds. The Hall–Kier alpha value is -3.90. The fourth-order valence-corrected chi connectivity index (χ4v) is 4.15. The number of ketones is 1. The Morgan fingerprint density at radius 1 is 0.750 bits per heavy atom. The van der Waals surface area contributed by atoms with Crippen molar-refractivity contribution in [2.45, 2.75) is 0 Å². The van der Waals surface area contributed by atoms with E-state index < -0.39 is 0 Å². The molecule has 0 aliphatic heterocycles. The summed E-state index contributed by atoms with van der Waals surface area (Å²) in [4.78, 5) is 21.9. The van der Waals surface area contributed by atoms with E-state index in [1.165, 1.54) is 36.4 Å². The van der Waals surface area contributed by atoms with E-state index in [-0.39, 0.29) is 17.4 Å². The van der Waals surface area contributed by atoms with Crippen LogP contribution in [-0.4, -0.2) is 15.8 Å². The Morgan fingerprint density at radius 2 is 1.31 bits per heavy atom. The van der Waals surface area contributed by atoms with Crippen LogP contribution in [0.15, 0.2) is 90.3 Å². The third-order valence-corrected chi connectivity index (χ3v) is 5.99. The number of carbonyl (C=O) groups is 1. The molecular formula is C26H16F2N2OS. The zero-order valence-corrected chi connectivity index (χ0v) is 17.5. The van der Waals surface area contributed by atoms with Crippen LogP contribution in [0.5, 0.6) is 0 Å². The van der Waals surface area contributed by atoms with Gasteiger partial charge in [-0.3, -0.25) is 4.79 Å². The van der Waals surface area contributed by atoms with Crippen molar-refractivity contribution in [1.82, 2.24) is 9.97 Å². The van der Waals surface area contributed by atoms with Crippen LogP contribution in [-0.2, 0) is 0 Å². The SMILES string of the molecule is O=C(c1ccc(F)cc1)c1ccc(-c2nc(-c3cccs3)[nH]c2-c2ccc(F)cc2)cc1. The highest BCUT2D eigenvalue weighted by Gasteiger charge is 2.17. The number of imidazole rings is 1. The maximum atomic E-state index is 13.5. The second-order valence-corrected chi connectivity index (χ2v) is 8.15. The Morgan fingerprint density at radius 3 is 1.91 bits per heavy atom. The van der Waals surface area contributed by atoms with E-state index in [1.807, 2.05) is 29.6 Å². The highest BCUT2D eigenvalue weighted by atomic mass is 32.1. The van der Waals surface area contributed by atoms with Gasteiger partial charge in [0.25, 0.3) is 0 Å². The van der Waals surface area contributed by atoms with E-state index >= 15 is 0 Å². The summed E-state index contributed by atoms with van der Waals surface area (Å²) in [5, 5.41) is 1.98. The van der Waals surface area contributed by atoms with Crippen LogP contribution in [0.2, 0.25) is 0 Å². The first-order chi connectivity index (χ1) is 15.6. The Bertz CT molecular complexity index is 1370. The summed E-state index contributed by atoms with van der Waals surface area (Å²) in [7, 11) is 0. The summed E-state index contributed by atoms with van der Waals surface area (Å²) in [6.07, 6.45) is 0. The van der Waals surface area contributed by atoms with E-state index in [1.54, 1.807) is 35.6 Å². The second kappa shape index (κ2) is 8.32. The number of rotatable bonds is 5. The minimum Gasteiger partial charge on any atom is -0.337 e. The predicted octanol–water partition coefficient (Wildman–Crippen LogP) is 6.98. The van der Waals surface area contributed by atoms with Gasteiger partial charge in [0.1, 0.15) is 17.5 Å². The third kappa shape index (κ3) is 3.88. The molecule has 6 heteroatoms. The molecule has 32 heavy (non-hydrogen) atoms. The van der Waals surface area contributed by atoms with Crippen molar-refractivity contribution in [3.63, 3.8) is 0 Å². The van der Waals surface area contributed by atoms with Gasteiger partial charge in [-0.1, -0.05) is 30.3 Å². The molecule has 0 radical (unpaired) electrons. The summed E-state index contributed by atoms with van der Waals surface area (Å²) in [5.74, 6) is -0.153. The number of benzene rings is 3. The molecule has 3 nitrogen and oxygen atoms in total. The molecule has 0 bridgehead atoms. The number of hydrogen-bond acceptors (Lipinski definition) is 3. The maximum absolute atomic E-state index is 13.5. The van der Waals surface area contributed by atoms with E-state index in [9.17, 15) is 13.6 Å². The number of thiophene rings is 1. The first-order valence-electron chi connectivity index (χ1n) is 9.89. The summed E-state index contributed by atoms with van der Waals surface area (Å²) in [6.45, 7) is 0. The fourth-order valence-electron chi connectivity index (χ4n) is 3.48. The minimum atomic E-state index is -0.384. The molecule has 0 aliphatic carbocycles. The number of aromatic amines is 1. The van der Waals surface area contributed by atoms with Crippen LogP contribution in [0.25, 0.3) is 33.2 Å². The lowest BCUT2D eigenvalue weighted by atomic mass is 9.99. The Kier molecular flexibility index (Phi) is 5.21. The smallest absolute Gasteiger partial charge is 0.193 e. The Labute approximate surface area is 187 Å². The summed E-state index contributed by atoms with van der Waals surface area (Å²) in [5.41, 5.74) is 4.03. The molecule has 156 valence electrons. The zero-order chi connectivity index (χ0) is 22.1. The van der Waals surface area contributed by atoms with Crippen molar-refractivity contribution in [1.29, 1.82) is 0 Å². The number of carbonyl (C=O) groups excluding carboxylic acids is 1. The maximum Gasteiger partial charge on any atom is 0.193 e. The van der Waals surface area contributed by atoms with Crippen LogP contribution in [0.4, 0.5) is 8.78 Å². The molecule has 2 heterocycles. The molecule has 0 saturated heterocycles. The molecule has 0 atom stereocenters. The summed E-state index contributed by atoms with van der Waals surface area (Å²) < 4.78 is 26.6. The minimum absolute atomic E-state index is 0.184. The van der Waals surface area contributed by atoms with E-state index in [2.05, 4.69) is 4.98 Å². The number of hydrogen-bond donors (Lipinski definition) is 1. The molecule has 5 rings (SSSR count). The molecule has 0 fully saturated rings. The number of H-pyrrole nitrogens is 1. The average Bonchev–Trinajstić information content (AvgIpc) is 3.50. The molecule has 3 aromatic carbocycles. The standard InChI is InChI=1S/C26H16F2N2OS/c27-20-11-7-17(8-12-20)24-23(29-26(30-24)22-2-1-15-32-22)16-3-5-18(6-4-16)25(31)19-9-13-21(28)14-10-19/h1-15H,(H,29,30). The number of nitrogens with one attached hydrogen (secondary N) is 1. The normalized spacial score (nSPS) is 10.9. The van der Waals surface area contributed by atoms with Crippen molar-refractivity contribution < 1.29 is 13.6 Å². The van der Waals surface area contributed by atoms with E-state index in [0.29, 0.717) is 16.8 Å². The van der Waals surface area contributed by atoms with Crippen molar-refractivity contribution >= 4 is 17.1 Å². The number of nitrogens with zero attached hydrogens (tertiary/aromatic N) is 1. The van der Waals surface area contributed by atoms with Crippen molar-refractivity contribution in [3.8, 4) is 33.2 Å². The molecule has 0 saturated carbocycles. The lowest BCUT2D eigenvalue weighted by molar-refractivity contribution is 0.103. The molecular weight excluding hydrogens is 426 g/mol. The van der Waals surface area contributed by atoms with Gasteiger partial charge in [-0.05, 0) is 60.0 Å². The first kappa shape index (κ1) is 20.0. The van der Waals surface area contributed by atoms with Gasteiger partial charge >= 0.3 is 0 Å². The topological polar surface area (TPSA) is 45.8 Å². The van der Waals surface area contributed by atoms with Gasteiger partial charge in [-0.25, -0.2) is 13.8 Å². The molecule has 5 aromatic rings. The summed E-state index contributed by atoms with van der Waals surface area (Å²) >= 11 is 1.57. The van der Waals surface area contributed by atoms with Crippen LogP contribution in [0, 0.1) is 11.6 Å². The van der Waals surface area contributed by atoms with Crippen molar-refractivity contribution in [2.75, 3.05) is 0 Å². The van der Waals surface area contributed by atoms with Gasteiger partial charge in [0.2, 0.25) is 0 Å². The van der Waals surface area contributed by atoms with Crippen LogP contribution in [0.1, 0.15) is 15.9 Å². The first-order valence-corrected chi connectivity index (χ1v) is 10.8. The lowest BCUT2D eigenvalue weighted by Gasteiger charge is -2.05. The predicted molar refractivity (Wildman–Crippen MR) is 123 cm³/mol. The van der Waals surface area contributed by atoms with Crippen LogP contribution < -0.4 is 0 Å². The van der Waals surface area contributed by atoms with Gasteiger partial charge in [-0.15, -0.1) is 11.3 Å². The molecule has 0 aliphatic rings. The molecule has 1 N–H and O–H groups in total. The molecule has 2 aromatic heterocycles. The van der Waals surface area contributed by atoms with Crippen molar-refractivity contribution in [2.24, 2.45) is 0 Å². The monoisotopic (exact) mass is 442 g/mol. The van der Waals surface area contributed by atoms with E-state index in [4.69, 9.17) is 4.98 Å². The average molecular weight is 442 g/mol. The number of halogens is 2. The van der Waals surface area contributed by atoms with Gasteiger partial charge in [0.15, 0.2) is 5.78 Å². The van der Waals surface area contributed by atoms with Gasteiger partial charge < -0.3 is 4.98 Å². The third-order valence-electron chi connectivity index (χ3n) is 5.12. The molecule has 0 unspecified atom stereocenters. The van der Waals surface area contributed by atoms with E-state index in [0.717, 1.165) is 27.5 Å².